The van der Waals surface area contributed by atoms with Crippen molar-refractivity contribution in [1.82, 2.24) is 4.98 Å². The van der Waals surface area contributed by atoms with E-state index in [4.69, 9.17) is 10.00 Å². The van der Waals surface area contributed by atoms with E-state index in [2.05, 4.69) is 27.0 Å². The molecular weight excluding hydrogens is 280 g/mol. The molecule has 84 valence electrons. The van der Waals surface area contributed by atoms with Crippen molar-refractivity contribution in [2.45, 2.75) is 6.61 Å². The van der Waals surface area contributed by atoms with Crippen molar-refractivity contribution in [3.8, 4) is 11.8 Å². The van der Waals surface area contributed by atoms with E-state index in [1.807, 2.05) is 6.07 Å². The molecule has 2 aromatic rings. The van der Waals surface area contributed by atoms with Crippen LogP contribution in [-0.2, 0) is 6.61 Å². The molecule has 0 aliphatic carbocycles. The summed E-state index contributed by atoms with van der Waals surface area (Å²) in [5.41, 5.74) is 1.62. The van der Waals surface area contributed by atoms with Gasteiger partial charge in [-0.15, -0.1) is 0 Å². The number of hydrogen-bond acceptors (Lipinski definition) is 3. The Kier molecular flexibility index (Phi) is 3.73. The second kappa shape index (κ2) is 5.46. The van der Waals surface area contributed by atoms with Crippen LogP contribution < -0.4 is 4.74 Å². The molecule has 2 rings (SSSR count). The molecule has 0 bridgehead atoms. The van der Waals surface area contributed by atoms with E-state index in [-0.39, 0.29) is 0 Å². The minimum Gasteiger partial charge on any atom is -0.489 e. The number of rotatable bonds is 3. The fraction of sp³-hybridized carbons (Fsp3) is 0.0769. The largest absolute Gasteiger partial charge is 0.489 e. The number of ether oxygens (including phenoxy) is 1. The summed E-state index contributed by atoms with van der Waals surface area (Å²) in [6.45, 7) is 0.457. The standard InChI is InChI=1S/C13H9BrN2O/c14-12-5-11(7-16-8-12)9-17-13-3-1-10(6-15)2-4-13/h1-5,7-8H,9H2. The first-order valence-corrected chi connectivity index (χ1v) is 5.79. The summed E-state index contributed by atoms with van der Waals surface area (Å²) in [6, 6.07) is 11.0. The number of hydrogen-bond donors (Lipinski definition) is 0. The third-order valence-corrected chi connectivity index (χ3v) is 2.58. The Bertz CT molecular complexity index is 546. The number of pyridine rings is 1. The maximum Gasteiger partial charge on any atom is 0.119 e. The summed E-state index contributed by atoms with van der Waals surface area (Å²) >= 11 is 3.35. The third-order valence-electron chi connectivity index (χ3n) is 2.15. The highest BCUT2D eigenvalue weighted by Gasteiger charge is 1.98. The van der Waals surface area contributed by atoms with Gasteiger partial charge in [-0.05, 0) is 46.3 Å². The van der Waals surface area contributed by atoms with Gasteiger partial charge >= 0.3 is 0 Å². The van der Waals surface area contributed by atoms with Crippen molar-refractivity contribution in [2.75, 3.05) is 0 Å². The van der Waals surface area contributed by atoms with E-state index < -0.39 is 0 Å². The van der Waals surface area contributed by atoms with Crippen LogP contribution in [0.5, 0.6) is 5.75 Å². The van der Waals surface area contributed by atoms with Crippen LogP contribution in [0.4, 0.5) is 0 Å². The Morgan fingerprint density at radius 1 is 1.24 bits per heavy atom. The summed E-state index contributed by atoms with van der Waals surface area (Å²) in [6.07, 6.45) is 3.49. The van der Waals surface area contributed by atoms with Gasteiger partial charge in [0, 0.05) is 22.4 Å². The maximum absolute atomic E-state index is 8.66. The molecule has 1 aromatic carbocycles. The summed E-state index contributed by atoms with van der Waals surface area (Å²) < 4.78 is 6.51. The zero-order valence-electron chi connectivity index (χ0n) is 8.93. The van der Waals surface area contributed by atoms with Crippen LogP contribution in [0.1, 0.15) is 11.1 Å². The van der Waals surface area contributed by atoms with Crippen LogP contribution in [0.2, 0.25) is 0 Å². The Hall–Kier alpha value is -1.86. The molecule has 0 aliphatic rings. The number of nitriles is 1. The van der Waals surface area contributed by atoms with Gasteiger partial charge in [0.25, 0.3) is 0 Å². The highest BCUT2D eigenvalue weighted by molar-refractivity contribution is 9.10. The van der Waals surface area contributed by atoms with Crippen LogP contribution in [0.25, 0.3) is 0 Å². The van der Waals surface area contributed by atoms with E-state index in [9.17, 15) is 0 Å². The topological polar surface area (TPSA) is 45.9 Å². The monoisotopic (exact) mass is 288 g/mol. The molecular formula is C13H9BrN2O. The predicted octanol–water partition coefficient (Wildman–Crippen LogP) is 3.29. The summed E-state index contributed by atoms with van der Waals surface area (Å²) in [4.78, 5) is 4.05. The van der Waals surface area contributed by atoms with Gasteiger partial charge < -0.3 is 4.74 Å². The van der Waals surface area contributed by atoms with Crippen LogP contribution in [-0.4, -0.2) is 4.98 Å². The van der Waals surface area contributed by atoms with Crippen molar-refractivity contribution >= 4 is 15.9 Å². The zero-order chi connectivity index (χ0) is 12.1. The molecule has 17 heavy (non-hydrogen) atoms. The first kappa shape index (κ1) is 11.6. The van der Waals surface area contributed by atoms with Crippen LogP contribution in [0.3, 0.4) is 0 Å². The third kappa shape index (κ3) is 3.30. The Balaban J connectivity index is 2.00. The van der Waals surface area contributed by atoms with Gasteiger partial charge in [0.1, 0.15) is 12.4 Å². The minimum atomic E-state index is 0.457. The molecule has 0 atom stereocenters. The molecule has 0 saturated heterocycles. The van der Waals surface area contributed by atoms with Crippen LogP contribution in [0, 0.1) is 11.3 Å². The summed E-state index contributed by atoms with van der Waals surface area (Å²) in [7, 11) is 0. The molecule has 0 aliphatic heterocycles. The second-order valence-electron chi connectivity index (χ2n) is 3.44. The molecule has 4 heteroatoms. The lowest BCUT2D eigenvalue weighted by Gasteiger charge is -2.05. The van der Waals surface area contributed by atoms with Gasteiger partial charge in [0.15, 0.2) is 0 Å². The van der Waals surface area contributed by atoms with Crippen molar-refractivity contribution in [3.05, 3.63) is 58.3 Å². The average Bonchev–Trinajstić information content (AvgIpc) is 2.37. The van der Waals surface area contributed by atoms with E-state index >= 15 is 0 Å². The van der Waals surface area contributed by atoms with Crippen molar-refractivity contribution < 1.29 is 4.74 Å². The summed E-state index contributed by atoms with van der Waals surface area (Å²) in [5.74, 6) is 0.740. The van der Waals surface area contributed by atoms with Gasteiger partial charge in [0.2, 0.25) is 0 Å². The Morgan fingerprint density at radius 3 is 2.65 bits per heavy atom. The highest BCUT2D eigenvalue weighted by Crippen LogP contribution is 2.15. The molecule has 3 nitrogen and oxygen atoms in total. The lowest BCUT2D eigenvalue weighted by atomic mass is 10.2. The van der Waals surface area contributed by atoms with Gasteiger partial charge in [-0.3, -0.25) is 4.98 Å². The van der Waals surface area contributed by atoms with E-state index in [0.717, 1.165) is 15.8 Å². The number of nitrogens with zero attached hydrogens (tertiary/aromatic N) is 2. The van der Waals surface area contributed by atoms with Gasteiger partial charge in [-0.25, -0.2) is 0 Å². The van der Waals surface area contributed by atoms with E-state index in [1.54, 1.807) is 36.7 Å². The quantitative estimate of drug-likeness (QED) is 0.871. The molecule has 0 N–H and O–H groups in total. The SMILES string of the molecule is N#Cc1ccc(OCc2cncc(Br)c2)cc1. The molecule has 0 saturated carbocycles. The zero-order valence-corrected chi connectivity index (χ0v) is 10.5. The molecule has 1 heterocycles. The molecule has 0 spiro atoms. The first-order valence-electron chi connectivity index (χ1n) is 5.00. The maximum atomic E-state index is 8.66. The van der Waals surface area contributed by atoms with E-state index in [0.29, 0.717) is 12.2 Å². The van der Waals surface area contributed by atoms with Crippen molar-refractivity contribution in [2.24, 2.45) is 0 Å². The normalized spacial score (nSPS) is 9.65. The number of benzene rings is 1. The van der Waals surface area contributed by atoms with Gasteiger partial charge in [-0.1, -0.05) is 0 Å². The van der Waals surface area contributed by atoms with Crippen molar-refractivity contribution in [1.29, 1.82) is 5.26 Å². The predicted molar refractivity (Wildman–Crippen MR) is 67.4 cm³/mol. The van der Waals surface area contributed by atoms with Crippen LogP contribution >= 0.6 is 15.9 Å². The first-order chi connectivity index (χ1) is 8.28. The number of halogens is 1. The lowest BCUT2D eigenvalue weighted by molar-refractivity contribution is 0.305. The summed E-state index contributed by atoms with van der Waals surface area (Å²) in [5, 5.41) is 8.66. The molecule has 0 fully saturated rings. The van der Waals surface area contributed by atoms with Gasteiger partial charge in [-0.2, -0.15) is 5.26 Å². The fourth-order valence-electron chi connectivity index (χ4n) is 1.33. The molecule has 0 unspecified atom stereocenters. The van der Waals surface area contributed by atoms with Gasteiger partial charge in [0.05, 0.1) is 11.6 Å². The highest BCUT2D eigenvalue weighted by atomic mass is 79.9. The van der Waals surface area contributed by atoms with Crippen molar-refractivity contribution in [3.63, 3.8) is 0 Å². The van der Waals surface area contributed by atoms with Crippen LogP contribution in [0.15, 0.2) is 47.2 Å². The molecule has 0 radical (unpaired) electrons. The average molecular weight is 289 g/mol. The molecule has 0 amide bonds. The minimum absolute atomic E-state index is 0.457. The Morgan fingerprint density at radius 2 is 2.00 bits per heavy atom. The second-order valence-corrected chi connectivity index (χ2v) is 4.35. The van der Waals surface area contributed by atoms with E-state index in [1.165, 1.54) is 0 Å². The molecule has 1 aromatic heterocycles. The lowest BCUT2D eigenvalue weighted by Crippen LogP contribution is -1.96. The number of aromatic nitrogens is 1. The smallest absolute Gasteiger partial charge is 0.119 e. The Labute approximate surface area is 108 Å². The fourth-order valence-corrected chi connectivity index (χ4v) is 1.74.